The van der Waals surface area contributed by atoms with Gasteiger partial charge >= 0.3 is 0 Å². The van der Waals surface area contributed by atoms with Crippen molar-refractivity contribution in [3.8, 4) is 0 Å². The summed E-state index contributed by atoms with van der Waals surface area (Å²) in [6.07, 6.45) is 0.410. The molecular weight excluding hydrogens is 292 g/mol. The van der Waals surface area contributed by atoms with Crippen LogP contribution in [0.25, 0.3) is 0 Å². The molecule has 1 heterocycles. The second-order valence-electron chi connectivity index (χ2n) is 4.92. The molecule has 1 aromatic carbocycles. The molecule has 4 nitrogen and oxygen atoms in total. The molecule has 1 aromatic heterocycles. The number of furan rings is 1. The van der Waals surface area contributed by atoms with Gasteiger partial charge in [0.2, 0.25) is 5.91 Å². The van der Waals surface area contributed by atoms with E-state index >= 15 is 0 Å². The smallest absolute Gasteiger partial charge is 0.224 e. The number of aryl methyl sites for hydroxylation is 2. The zero-order valence-corrected chi connectivity index (χ0v) is 12.2. The quantitative estimate of drug-likeness (QED) is 0.858. The number of anilines is 1. The largest absolute Gasteiger partial charge is 0.466 e. The van der Waals surface area contributed by atoms with E-state index in [1.165, 1.54) is 13.0 Å². The lowest BCUT2D eigenvalue weighted by Gasteiger charge is -2.04. The Labute approximate surface area is 126 Å². The van der Waals surface area contributed by atoms with Crippen molar-refractivity contribution in [2.24, 2.45) is 0 Å². The van der Waals surface area contributed by atoms with Crippen molar-refractivity contribution in [2.45, 2.75) is 26.7 Å². The van der Waals surface area contributed by atoms with Crippen LogP contribution in [0.3, 0.4) is 0 Å². The Morgan fingerprint density at radius 2 is 1.91 bits per heavy atom. The number of Topliss-reactive ketones (excluding diaryl/α,β-unsaturated/α-hetero) is 1. The predicted molar refractivity (Wildman–Crippen MR) is 76.8 cm³/mol. The monoisotopic (exact) mass is 307 g/mol. The lowest BCUT2D eigenvalue weighted by molar-refractivity contribution is -0.116. The molecule has 0 saturated carbocycles. The third kappa shape index (κ3) is 3.78. The number of ketones is 1. The fourth-order valence-electron chi connectivity index (χ4n) is 2.05. The van der Waals surface area contributed by atoms with Crippen molar-refractivity contribution in [3.63, 3.8) is 0 Å². The molecule has 0 unspecified atom stereocenters. The zero-order valence-electron chi connectivity index (χ0n) is 12.2. The standard InChI is InChI=1S/C16H15F2NO3/c1-9(20)13-8-12(22-10(13)2)4-6-16(21)19-11-3-5-14(17)15(18)7-11/h3,5,7-8H,4,6H2,1-2H3,(H,19,21). The molecule has 2 aromatic rings. The molecule has 0 radical (unpaired) electrons. The summed E-state index contributed by atoms with van der Waals surface area (Å²) < 4.78 is 31.2. The van der Waals surface area contributed by atoms with E-state index in [2.05, 4.69) is 5.32 Å². The SMILES string of the molecule is CC(=O)c1cc(CCC(=O)Nc2ccc(F)c(F)c2)oc1C. The highest BCUT2D eigenvalue weighted by molar-refractivity contribution is 5.95. The van der Waals surface area contributed by atoms with Crippen LogP contribution in [-0.2, 0) is 11.2 Å². The molecule has 0 atom stereocenters. The van der Waals surface area contributed by atoms with Crippen molar-refractivity contribution < 1.29 is 22.8 Å². The molecule has 2 rings (SSSR count). The van der Waals surface area contributed by atoms with Gasteiger partial charge in [-0.25, -0.2) is 8.78 Å². The molecular formula is C16H15F2NO3. The molecule has 6 heteroatoms. The minimum atomic E-state index is -1.02. The fourth-order valence-corrected chi connectivity index (χ4v) is 2.05. The number of nitrogens with one attached hydrogen (secondary N) is 1. The van der Waals surface area contributed by atoms with Gasteiger partial charge in [0.15, 0.2) is 17.4 Å². The van der Waals surface area contributed by atoms with E-state index in [4.69, 9.17) is 4.42 Å². The highest BCUT2D eigenvalue weighted by atomic mass is 19.2. The third-order valence-corrected chi connectivity index (χ3v) is 3.15. The summed E-state index contributed by atoms with van der Waals surface area (Å²) in [5.41, 5.74) is 0.681. The van der Waals surface area contributed by atoms with Gasteiger partial charge in [-0.3, -0.25) is 9.59 Å². The van der Waals surface area contributed by atoms with Crippen molar-refractivity contribution >= 4 is 17.4 Å². The number of benzene rings is 1. The van der Waals surface area contributed by atoms with E-state index in [-0.39, 0.29) is 23.8 Å². The molecule has 1 amide bonds. The van der Waals surface area contributed by atoms with Crippen LogP contribution >= 0.6 is 0 Å². The Hall–Kier alpha value is -2.50. The van der Waals surface area contributed by atoms with Gasteiger partial charge in [0.1, 0.15) is 11.5 Å². The molecule has 22 heavy (non-hydrogen) atoms. The first-order valence-electron chi connectivity index (χ1n) is 6.72. The summed E-state index contributed by atoms with van der Waals surface area (Å²) in [6.45, 7) is 3.12. The third-order valence-electron chi connectivity index (χ3n) is 3.15. The summed E-state index contributed by atoms with van der Waals surface area (Å²) in [5.74, 6) is -1.40. The van der Waals surface area contributed by atoms with E-state index < -0.39 is 11.6 Å². The maximum Gasteiger partial charge on any atom is 0.224 e. The first-order chi connectivity index (χ1) is 10.4. The van der Waals surface area contributed by atoms with Crippen LogP contribution in [0, 0.1) is 18.6 Å². The van der Waals surface area contributed by atoms with Crippen LogP contribution in [0.5, 0.6) is 0 Å². The van der Waals surface area contributed by atoms with Crippen LogP contribution in [0.2, 0.25) is 0 Å². The molecule has 1 N–H and O–H groups in total. The Bertz CT molecular complexity index is 722. The maximum absolute atomic E-state index is 13.0. The van der Waals surface area contributed by atoms with Crippen LogP contribution < -0.4 is 5.32 Å². The van der Waals surface area contributed by atoms with Crippen molar-refractivity contribution in [1.82, 2.24) is 0 Å². The number of halogens is 2. The first-order valence-corrected chi connectivity index (χ1v) is 6.72. The molecule has 0 fully saturated rings. The van der Waals surface area contributed by atoms with E-state index in [9.17, 15) is 18.4 Å². The van der Waals surface area contributed by atoms with Crippen LogP contribution in [0.1, 0.15) is 35.2 Å². The van der Waals surface area contributed by atoms with Gasteiger partial charge in [0.05, 0.1) is 5.56 Å². The maximum atomic E-state index is 13.0. The number of hydrogen-bond donors (Lipinski definition) is 1. The number of carbonyl (C=O) groups is 2. The Balaban J connectivity index is 1.94. The van der Waals surface area contributed by atoms with Gasteiger partial charge in [-0.1, -0.05) is 0 Å². The van der Waals surface area contributed by atoms with Gasteiger partial charge in [0, 0.05) is 24.6 Å². The highest BCUT2D eigenvalue weighted by Gasteiger charge is 2.13. The number of amides is 1. The zero-order chi connectivity index (χ0) is 16.3. The Kier molecular flexibility index (Phi) is 4.70. The van der Waals surface area contributed by atoms with Crippen LogP contribution in [0.4, 0.5) is 14.5 Å². The Morgan fingerprint density at radius 3 is 2.50 bits per heavy atom. The predicted octanol–water partition coefficient (Wildman–Crippen LogP) is 3.64. The summed E-state index contributed by atoms with van der Waals surface area (Å²) in [7, 11) is 0. The minimum absolute atomic E-state index is 0.0984. The van der Waals surface area contributed by atoms with E-state index in [1.807, 2.05) is 0 Å². The van der Waals surface area contributed by atoms with Gasteiger partial charge in [-0.05, 0) is 32.0 Å². The lowest BCUT2D eigenvalue weighted by atomic mass is 10.1. The Morgan fingerprint density at radius 1 is 1.18 bits per heavy atom. The van der Waals surface area contributed by atoms with Crippen molar-refractivity contribution in [3.05, 3.63) is 53.0 Å². The average molecular weight is 307 g/mol. The van der Waals surface area contributed by atoms with Crippen molar-refractivity contribution in [1.29, 1.82) is 0 Å². The normalized spacial score (nSPS) is 10.5. The second kappa shape index (κ2) is 6.51. The van der Waals surface area contributed by atoms with Gasteiger partial charge in [-0.15, -0.1) is 0 Å². The van der Waals surface area contributed by atoms with Crippen LogP contribution in [0.15, 0.2) is 28.7 Å². The molecule has 0 aliphatic heterocycles. The summed E-state index contributed by atoms with van der Waals surface area (Å²) >= 11 is 0. The number of carbonyl (C=O) groups excluding carboxylic acids is 2. The summed E-state index contributed by atoms with van der Waals surface area (Å²) in [6, 6.07) is 4.75. The van der Waals surface area contributed by atoms with Crippen molar-refractivity contribution in [2.75, 3.05) is 5.32 Å². The molecule has 0 aliphatic rings. The van der Waals surface area contributed by atoms with E-state index in [1.54, 1.807) is 13.0 Å². The molecule has 0 spiro atoms. The topological polar surface area (TPSA) is 59.3 Å². The molecule has 116 valence electrons. The highest BCUT2D eigenvalue weighted by Crippen LogP contribution is 2.17. The number of hydrogen-bond acceptors (Lipinski definition) is 3. The summed E-state index contributed by atoms with van der Waals surface area (Å²) in [5, 5.41) is 2.47. The van der Waals surface area contributed by atoms with E-state index in [0.717, 1.165) is 12.1 Å². The molecule has 0 bridgehead atoms. The lowest BCUT2D eigenvalue weighted by Crippen LogP contribution is -2.12. The molecule has 0 aliphatic carbocycles. The van der Waals surface area contributed by atoms with Gasteiger partial charge < -0.3 is 9.73 Å². The first kappa shape index (κ1) is 15.9. The average Bonchev–Trinajstić information content (AvgIpc) is 2.82. The number of rotatable bonds is 5. The molecule has 0 saturated heterocycles. The summed E-state index contributed by atoms with van der Waals surface area (Å²) in [4.78, 5) is 23.1. The fraction of sp³-hybridized carbons (Fsp3) is 0.250. The second-order valence-corrected chi connectivity index (χ2v) is 4.92. The van der Waals surface area contributed by atoms with Crippen LogP contribution in [-0.4, -0.2) is 11.7 Å². The van der Waals surface area contributed by atoms with Gasteiger partial charge in [0.25, 0.3) is 0 Å². The van der Waals surface area contributed by atoms with Gasteiger partial charge in [-0.2, -0.15) is 0 Å². The van der Waals surface area contributed by atoms with E-state index in [0.29, 0.717) is 23.5 Å². The minimum Gasteiger partial charge on any atom is -0.466 e.